The van der Waals surface area contributed by atoms with Crippen molar-refractivity contribution >= 4 is 70.1 Å². The van der Waals surface area contributed by atoms with Crippen LogP contribution in [0, 0.1) is 0 Å². The Balaban J connectivity index is 0.983. The maximum atomic E-state index is 2.37. The van der Waals surface area contributed by atoms with Gasteiger partial charge in [-0.3, -0.25) is 0 Å². The Bertz CT molecular complexity index is 3250. The molecule has 0 atom stereocenters. The van der Waals surface area contributed by atoms with Crippen molar-refractivity contribution in [2.24, 2.45) is 0 Å². The van der Waals surface area contributed by atoms with Gasteiger partial charge >= 0.3 is 0 Å². The van der Waals surface area contributed by atoms with Crippen molar-refractivity contribution in [1.29, 1.82) is 0 Å². The van der Waals surface area contributed by atoms with E-state index < -0.39 is 0 Å². The van der Waals surface area contributed by atoms with Gasteiger partial charge in [-0.15, -0.1) is 11.3 Å². The van der Waals surface area contributed by atoms with Crippen LogP contribution in [-0.2, 0) is 0 Å². The first kappa shape index (κ1) is 34.0. The van der Waals surface area contributed by atoms with Crippen LogP contribution in [0.15, 0.2) is 224 Å². The van der Waals surface area contributed by atoms with Crippen LogP contribution in [0.3, 0.4) is 0 Å². The standard InChI is InChI=1S/C56H37NS/c1-3-17-48-39(11-1)13-8-20-50(48)41-27-33-46(34-28-41)57(47-35-29-42(30-36-47)52-22-10-24-55-56(52)53-19-5-6-23-54(53)58-55)45-31-25-38(26-32-45)43-15-7-16-44(37-43)51-21-9-14-40-12-2-4-18-49(40)51/h1-37H. The third-order valence-corrected chi connectivity index (χ3v) is 12.6. The summed E-state index contributed by atoms with van der Waals surface area (Å²) in [5, 5.41) is 7.68. The number of rotatable bonds is 7. The Kier molecular flexibility index (Phi) is 8.42. The summed E-state index contributed by atoms with van der Waals surface area (Å²) in [6.45, 7) is 0. The molecule has 1 nitrogen and oxygen atoms in total. The molecule has 0 aliphatic heterocycles. The summed E-state index contributed by atoms with van der Waals surface area (Å²) >= 11 is 1.86. The molecule has 272 valence electrons. The molecule has 0 aliphatic carbocycles. The van der Waals surface area contributed by atoms with Crippen molar-refractivity contribution in [3.8, 4) is 44.5 Å². The molecular formula is C56H37NS. The molecule has 0 radical (unpaired) electrons. The first-order valence-corrected chi connectivity index (χ1v) is 20.6. The molecule has 1 heterocycles. The van der Waals surface area contributed by atoms with Gasteiger partial charge in [0.25, 0.3) is 0 Å². The quantitative estimate of drug-likeness (QED) is 0.157. The number of thiophene rings is 1. The highest BCUT2D eigenvalue weighted by Crippen LogP contribution is 2.42. The molecule has 0 unspecified atom stereocenters. The average Bonchev–Trinajstić information content (AvgIpc) is 3.69. The molecule has 0 saturated carbocycles. The van der Waals surface area contributed by atoms with E-state index in [4.69, 9.17) is 0 Å². The SMILES string of the molecule is c1cc(-c2ccc(N(c3ccc(-c4cccc5ccccc45)cc3)c3ccc(-c4cccc5sc6ccccc6c45)cc3)cc2)cc(-c2cccc3ccccc23)c1. The summed E-state index contributed by atoms with van der Waals surface area (Å²) in [7, 11) is 0. The van der Waals surface area contributed by atoms with E-state index in [9.17, 15) is 0 Å². The third kappa shape index (κ3) is 6.03. The molecule has 0 spiro atoms. The maximum Gasteiger partial charge on any atom is 0.0462 e. The van der Waals surface area contributed by atoms with E-state index in [0.717, 1.165) is 17.1 Å². The van der Waals surface area contributed by atoms with Gasteiger partial charge < -0.3 is 4.90 Å². The zero-order valence-corrected chi connectivity index (χ0v) is 32.5. The van der Waals surface area contributed by atoms with Gasteiger partial charge in [0.1, 0.15) is 0 Å². The van der Waals surface area contributed by atoms with Crippen molar-refractivity contribution < 1.29 is 0 Å². The van der Waals surface area contributed by atoms with Crippen LogP contribution in [0.4, 0.5) is 17.1 Å². The molecule has 2 heteroatoms. The molecule has 10 aromatic carbocycles. The van der Waals surface area contributed by atoms with E-state index in [1.54, 1.807) is 0 Å². The minimum absolute atomic E-state index is 1.10. The topological polar surface area (TPSA) is 3.24 Å². The van der Waals surface area contributed by atoms with Crippen LogP contribution in [0.25, 0.3) is 86.2 Å². The summed E-state index contributed by atoms with van der Waals surface area (Å²) in [6, 6.07) is 81.9. The predicted molar refractivity (Wildman–Crippen MR) is 251 cm³/mol. The number of nitrogens with zero attached hydrogens (tertiary/aromatic N) is 1. The largest absolute Gasteiger partial charge is 0.311 e. The Morgan fingerprint density at radius 3 is 1.34 bits per heavy atom. The average molecular weight is 756 g/mol. The lowest BCUT2D eigenvalue weighted by Gasteiger charge is -2.26. The number of fused-ring (bicyclic) bond motifs is 5. The molecule has 0 N–H and O–H groups in total. The maximum absolute atomic E-state index is 2.37. The summed E-state index contributed by atoms with van der Waals surface area (Å²) < 4.78 is 2.64. The fourth-order valence-electron chi connectivity index (χ4n) is 8.67. The van der Waals surface area contributed by atoms with Gasteiger partial charge in [-0.2, -0.15) is 0 Å². The van der Waals surface area contributed by atoms with Crippen LogP contribution >= 0.6 is 11.3 Å². The molecule has 0 saturated heterocycles. The molecule has 11 rings (SSSR count). The van der Waals surface area contributed by atoms with E-state index in [2.05, 4.69) is 229 Å². The Morgan fingerprint density at radius 2 is 0.707 bits per heavy atom. The fourth-order valence-corrected chi connectivity index (χ4v) is 9.80. The number of anilines is 3. The Hall–Kier alpha value is -7.26. The fraction of sp³-hybridized carbons (Fsp3) is 0. The molecule has 58 heavy (non-hydrogen) atoms. The van der Waals surface area contributed by atoms with Crippen LogP contribution in [0.2, 0.25) is 0 Å². The third-order valence-electron chi connectivity index (χ3n) is 11.5. The molecule has 0 bridgehead atoms. The number of hydrogen-bond acceptors (Lipinski definition) is 2. The highest BCUT2D eigenvalue weighted by Gasteiger charge is 2.16. The van der Waals surface area contributed by atoms with E-state index in [-0.39, 0.29) is 0 Å². The first-order chi connectivity index (χ1) is 28.7. The van der Waals surface area contributed by atoms with E-state index in [1.807, 2.05) is 11.3 Å². The molecule has 1 aromatic heterocycles. The van der Waals surface area contributed by atoms with Crippen molar-refractivity contribution in [2.45, 2.75) is 0 Å². The lowest BCUT2D eigenvalue weighted by molar-refractivity contribution is 1.28. The van der Waals surface area contributed by atoms with Crippen LogP contribution in [-0.4, -0.2) is 0 Å². The Labute approximate surface area is 342 Å². The molecule has 0 fully saturated rings. The van der Waals surface area contributed by atoms with E-state index >= 15 is 0 Å². The van der Waals surface area contributed by atoms with Crippen LogP contribution in [0.1, 0.15) is 0 Å². The highest BCUT2D eigenvalue weighted by molar-refractivity contribution is 7.25. The minimum atomic E-state index is 1.10. The zero-order valence-electron chi connectivity index (χ0n) is 31.7. The lowest BCUT2D eigenvalue weighted by atomic mass is 9.95. The van der Waals surface area contributed by atoms with Crippen molar-refractivity contribution in [1.82, 2.24) is 0 Å². The molecule has 11 aromatic rings. The Morgan fingerprint density at radius 1 is 0.276 bits per heavy atom. The first-order valence-electron chi connectivity index (χ1n) is 19.8. The van der Waals surface area contributed by atoms with Gasteiger partial charge in [-0.1, -0.05) is 170 Å². The van der Waals surface area contributed by atoms with Crippen molar-refractivity contribution in [3.63, 3.8) is 0 Å². The second kappa shape index (κ2) is 14.4. The van der Waals surface area contributed by atoms with Crippen molar-refractivity contribution in [3.05, 3.63) is 224 Å². The minimum Gasteiger partial charge on any atom is -0.311 e. The number of hydrogen-bond donors (Lipinski definition) is 0. The highest BCUT2D eigenvalue weighted by atomic mass is 32.1. The molecular weight excluding hydrogens is 719 g/mol. The van der Waals surface area contributed by atoms with E-state index in [1.165, 1.54) is 86.2 Å². The van der Waals surface area contributed by atoms with Gasteiger partial charge in [0, 0.05) is 37.2 Å². The smallest absolute Gasteiger partial charge is 0.0462 e. The van der Waals surface area contributed by atoms with Gasteiger partial charge in [0.05, 0.1) is 0 Å². The van der Waals surface area contributed by atoms with E-state index in [0.29, 0.717) is 0 Å². The molecule has 0 amide bonds. The van der Waals surface area contributed by atoms with Gasteiger partial charge in [0.15, 0.2) is 0 Å². The second-order valence-electron chi connectivity index (χ2n) is 14.9. The van der Waals surface area contributed by atoms with Gasteiger partial charge in [-0.05, 0) is 121 Å². The summed E-state index contributed by atoms with van der Waals surface area (Å²) in [6.07, 6.45) is 0. The van der Waals surface area contributed by atoms with Crippen LogP contribution < -0.4 is 4.90 Å². The van der Waals surface area contributed by atoms with Gasteiger partial charge in [0.2, 0.25) is 0 Å². The van der Waals surface area contributed by atoms with Gasteiger partial charge in [-0.25, -0.2) is 0 Å². The monoisotopic (exact) mass is 755 g/mol. The van der Waals surface area contributed by atoms with Crippen molar-refractivity contribution in [2.75, 3.05) is 4.90 Å². The summed E-state index contributed by atoms with van der Waals surface area (Å²) in [5.74, 6) is 0. The number of benzene rings is 10. The lowest BCUT2D eigenvalue weighted by Crippen LogP contribution is -2.09. The summed E-state index contributed by atoms with van der Waals surface area (Å²) in [5.41, 5.74) is 13.1. The van der Waals surface area contributed by atoms with Crippen LogP contribution in [0.5, 0.6) is 0 Å². The zero-order chi connectivity index (χ0) is 38.4. The predicted octanol–water partition coefficient (Wildman–Crippen LogP) is 16.5. The summed E-state index contributed by atoms with van der Waals surface area (Å²) in [4.78, 5) is 2.37. The molecule has 0 aliphatic rings. The second-order valence-corrected chi connectivity index (χ2v) is 16.0. The normalized spacial score (nSPS) is 11.4.